The number of rotatable bonds is 5. The van der Waals surface area contributed by atoms with Crippen LogP contribution in [0, 0.1) is 5.41 Å². The summed E-state index contributed by atoms with van der Waals surface area (Å²) in [5.74, 6) is 0. The van der Waals surface area contributed by atoms with E-state index in [9.17, 15) is 4.89 Å². The first-order chi connectivity index (χ1) is 10.7. The predicted octanol–water partition coefficient (Wildman–Crippen LogP) is 5.82. The molecule has 0 radical (unpaired) electrons. The average Bonchev–Trinajstić information content (AvgIpc) is 2.98. The van der Waals surface area contributed by atoms with E-state index >= 15 is 0 Å². The van der Waals surface area contributed by atoms with Gasteiger partial charge < -0.3 is 9.42 Å². The molecule has 0 bridgehead atoms. The van der Waals surface area contributed by atoms with Gasteiger partial charge in [0.1, 0.15) is 0 Å². The van der Waals surface area contributed by atoms with Crippen LogP contribution in [0.25, 0.3) is 0 Å². The van der Waals surface area contributed by atoms with Crippen LogP contribution in [0.3, 0.4) is 0 Å². The fraction of sp³-hybridized carbons (Fsp3) is 0.667. The molecule has 1 aromatic carbocycles. The molecule has 2 saturated carbocycles. The maximum absolute atomic E-state index is 10.4. The molecule has 0 heterocycles. The summed E-state index contributed by atoms with van der Waals surface area (Å²) in [5, 5.41) is 0. The van der Waals surface area contributed by atoms with Crippen LogP contribution in [0.5, 0.6) is 0 Å². The van der Waals surface area contributed by atoms with E-state index in [0.717, 1.165) is 23.5 Å². The fourth-order valence-electron chi connectivity index (χ4n) is 4.21. The molecule has 2 aliphatic carbocycles. The van der Waals surface area contributed by atoms with Gasteiger partial charge in [-0.15, -0.1) is 0 Å². The largest absolute Gasteiger partial charge is 0.350 e. The van der Waals surface area contributed by atoms with Crippen molar-refractivity contribution >= 4 is 24.3 Å². The minimum Gasteiger partial charge on any atom is -0.350 e. The maximum Gasteiger partial charge on any atom is 0.168 e. The van der Waals surface area contributed by atoms with Crippen molar-refractivity contribution in [1.29, 1.82) is 0 Å². The normalized spacial score (nSPS) is 25.5. The van der Waals surface area contributed by atoms with E-state index in [1.165, 1.54) is 50.5 Å². The van der Waals surface area contributed by atoms with Gasteiger partial charge in [-0.05, 0) is 49.1 Å². The van der Waals surface area contributed by atoms with Gasteiger partial charge >= 0.3 is 0 Å². The first-order valence-corrected chi connectivity index (χ1v) is 10.8. The molecular weight excluding hydrogens is 359 g/mol. The first kappa shape index (κ1) is 16.9. The van der Waals surface area contributed by atoms with Crippen LogP contribution in [0.4, 0.5) is 0 Å². The lowest BCUT2D eigenvalue weighted by Crippen LogP contribution is -2.37. The molecule has 2 unspecified atom stereocenters. The van der Waals surface area contributed by atoms with E-state index in [1.54, 1.807) is 0 Å². The van der Waals surface area contributed by atoms with E-state index in [0.29, 0.717) is 11.5 Å². The molecule has 1 spiro atoms. The third-order valence-corrected chi connectivity index (χ3v) is 7.33. The van der Waals surface area contributed by atoms with Gasteiger partial charge in [0, 0.05) is 10.6 Å². The Hall–Kier alpha value is 0.0500. The van der Waals surface area contributed by atoms with Gasteiger partial charge in [0.2, 0.25) is 0 Å². The van der Waals surface area contributed by atoms with Crippen LogP contribution in [0.1, 0.15) is 56.9 Å². The highest BCUT2D eigenvalue weighted by molar-refractivity contribution is 9.10. The van der Waals surface area contributed by atoms with Crippen LogP contribution < -0.4 is 0 Å². The van der Waals surface area contributed by atoms with Gasteiger partial charge in [0.15, 0.2) is 8.38 Å². The van der Waals surface area contributed by atoms with Gasteiger partial charge in [-0.1, -0.05) is 59.8 Å². The third-order valence-electron chi connectivity index (χ3n) is 5.45. The summed E-state index contributed by atoms with van der Waals surface area (Å²) >= 11 is 3.58. The lowest BCUT2D eigenvalue weighted by Gasteiger charge is -2.41. The van der Waals surface area contributed by atoms with Crippen LogP contribution in [-0.2, 0) is 10.9 Å². The number of hydrogen-bond acceptors (Lipinski definition) is 2. The second kappa shape index (κ2) is 7.75. The van der Waals surface area contributed by atoms with E-state index in [2.05, 4.69) is 34.1 Å². The highest BCUT2D eigenvalue weighted by atomic mass is 79.9. The molecule has 0 saturated heterocycles. The Balaban J connectivity index is 1.54. The molecule has 4 heteroatoms. The quantitative estimate of drug-likeness (QED) is 0.648. The number of hydrogen-bond donors (Lipinski definition) is 1. The predicted molar refractivity (Wildman–Crippen MR) is 96.1 cm³/mol. The zero-order valence-electron chi connectivity index (χ0n) is 13.1. The molecule has 1 N–H and O–H groups in total. The standard InChI is InChI=1S/C18H26BrO2P/c19-16-8-2-1-7-15(16)10-14-22(20)21-17-9-3-4-11-18(17)12-5-6-13-18/h1-2,7-8,17,20H,3-6,9-14H2. The smallest absolute Gasteiger partial charge is 0.168 e. The topological polar surface area (TPSA) is 29.5 Å². The Morgan fingerprint density at radius 3 is 2.55 bits per heavy atom. The molecule has 2 nitrogen and oxygen atoms in total. The van der Waals surface area contributed by atoms with Crippen molar-refractivity contribution in [3.05, 3.63) is 34.3 Å². The van der Waals surface area contributed by atoms with Gasteiger partial charge in [-0.25, -0.2) is 0 Å². The van der Waals surface area contributed by atoms with Gasteiger partial charge in [0.05, 0.1) is 6.10 Å². The summed E-state index contributed by atoms with van der Waals surface area (Å²) in [4.78, 5) is 10.4. The van der Waals surface area contributed by atoms with Crippen LogP contribution in [-0.4, -0.2) is 17.2 Å². The van der Waals surface area contributed by atoms with Gasteiger partial charge in [-0.2, -0.15) is 0 Å². The number of benzene rings is 1. The molecular formula is C18H26BrO2P. The van der Waals surface area contributed by atoms with Crippen molar-refractivity contribution in [3.63, 3.8) is 0 Å². The Morgan fingerprint density at radius 1 is 1.14 bits per heavy atom. The summed E-state index contributed by atoms with van der Waals surface area (Å²) in [7, 11) is -1.30. The lowest BCUT2D eigenvalue weighted by atomic mass is 9.71. The van der Waals surface area contributed by atoms with E-state index in [4.69, 9.17) is 4.52 Å². The third kappa shape index (κ3) is 3.93. The molecule has 3 rings (SSSR count). The Morgan fingerprint density at radius 2 is 1.82 bits per heavy atom. The summed E-state index contributed by atoms with van der Waals surface area (Å²) in [6.45, 7) is 0. The van der Waals surface area contributed by atoms with Crippen LogP contribution >= 0.6 is 24.3 Å². The molecule has 22 heavy (non-hydrogen) atoms. The minimum absolute atomic E-state index is 0.305. The van der Waals surface area contributed by atoms with E-state index in [-0.39, 0.29) is 0 Å². The molecule has 1 aromatic rings. The van der Waals surface area contributed by atoms with Crippen molar-refractivity contribution in [2.24, 2.45) is 5.41 Å². The summed E-state index contributed by atoms with van der Waals surface area (Å²) < 4.78 is 7.32. The van der Waals surface area contributed by atoms with Crippen LogP contribution in [0.2, 0.25) is 0 Å². The molecule has 0 aliphatic heterocycles. The monoisotopic (exact) mass is 384 g/mol. The highest BCUT2D eigenvalue weighted by Crippen LogP contribution is 2.53. The summed E-state index contributed by atoms with van der Waals surface area (Å²) in [6, 6.07) is 8.25. The second-order valence-corrected chi connectivity index (χ2v) is 9.04. The molecule has 0 amide bonds. The molecule has 2 fully saturated rings. The Kier molecular flexibility index (Phi) is 5.95. The average molecular weight is 385 g/mol. The molecule has 0 aromatic heterocycles. The summed E-state index contributed by atoms with van der Waals surface area (Å²) in [6.07, 6.45) is 12.3. The van der Waals surface area contributed by atoms with Gasteiger partial charge in [0.25, 0.3) is 0 Å². The van der Waals surface area contributed by atoms with Crippen molar-refractivity contribution in [2.75, 3.05) is 6.16 Å². The highest BCUT2D eigenvalue weighted by Gasteiger charge is 2.44. The molecule has 122 valence electrons. The number of halogens is 1. The van der Waals surface area contributed by atoms with E-state index in [1.807, 2.05) is 6.07 Å². The summed E-state index contributed by atoms with van der Waals surface area (Å²) in [5.41, 5.74) is 1.65. The Labute approximate surface area is 143 Å². The number of aryl methyl sites for hydroxylation is 1. The fourth-order valence-corrected chi connectivity index (χ4v) is 5.85. The minimum atomic E-state index is -1.30. The second-order valence-electron chi connectivity index (χ2n) is 6.83. The first-order valence-electron chi connectivity index (χ1n) is 8.56. The lowest BCUT2D eigenvalue weighted by molar-refractivity contribution is 0.0131. The van der Waals surface area contributed by atoms with Crippen molar-refractivity contribution in [3.8, 4) is 0 Å². The molecule has 2 aliphatic rings. The molecule has 2 atom stereocenters. The van der Waals surface area contributed by atoms with Crippen molar-refractivity contribution < 1.29 is 9.42 Å². The van der Waals surface area contributed by atoms with Gasteiger partial charge in [-0.3, -0.25) is 0 Å². The SMILES string of the molecule is OP(CCc1ccccc1Br)OC1CCCCC12CCCC2. The maximum atomic E-state index is 10.4. The van der Waals surface area contributed by atoms with Crippen molar-refractivity contribution in [1.82, 2.24) is 0 Å². The zero-order valence-corrected chi connectivity index (χ0v) is 15.6. The zero-order chi connectivity index (χ0) is 15.4. The van der Waals surface area contributed by atoms with E-state index < -0.39 is 8.38 Å². The Bertz CT molecular complexity index is 488. The van der Waals surface area contributed by atoms with Crippen LogP contribution in [0.15, 0.2) is 28.7 Å². The van der Waals surface area contributed by atoms with Crippen molar-refractivity contribution in [2.45, 2.75) is 63.9 Å².